The molecule has 1 N–H and O–H groups in total. The molecule has 1 atom stereocenters. The predicted molar refractivity (Wildman–Crippen MR) is 109 cm³/mol. The Bertz CT molecular complexity index is 657. The summed E-state index contributed by atoms with van der Waals surface area (Å²) < 4.78 is 0. The summed E-state index contributed by atoms with van der Waals surface area (Å²) in [6.07, 6.45) is 9.24. The number of nitrogens with one attached hydrogen (secondary N) is 1. The lowest BCUT2D eigenvalue weighted by atomic mass is 9.75. The molecule has 2 fully saturated rings. The smallest absolute Gasteiger partial charge is 0.222 e. The quantitative estimate of drug-likeness (QED) is 0.699. The molecule has 1 aliphatic heterocycles. The van der Waals surface area contributed by atoms with Gasteiger partial charge in [-0.15, -0.1) is 0 Å². The second-order valence-electron chi connectivity index (χ2n) is 7.84. The topological polar surface area (TPSA) is 49.4 Å². The zero-order chi connectivity index (χ0) is 19.1. The third-order valence-electron chi connectivity index (χ3n) is 5.97. The maximum atomic E-state index is 12.9. The van der Waals surface area contributed by atoms with Gasteiger partial charge in [0.05, 0.1) is 0 Å². The van der Waals surface area contributed by atoms with Crippen LogP contribution < -0.4 is 5.32 Å². The zero-order valence-electron chi connectivity index (χ0n) is 16.1. The van der Waals surface area contributed by atoms with Crippen LogP contribution >= 0.6 is 11.6 Å². The highest BCUT2D eigenvalue weighted by atomic mass is 35.5. The van der Waals surface area contributed by atoms with Crippen molar-refractivity contribution < 1.29 is 9.59 Å². The number of hydrogen-bond donors (Lipinski definition) is 1. The molecule has 0 aromatic heterocycles. The number of hydrogen-bond acceptors (Lipinski definition) is 3. The Balaban J connectivity index is 1.54. The van der Waals surface area contributed by atoms with Crippen molar-refractivity contribution in [2.45, 2.75) is 69.7 Å². The summed E-state index contributed by atoms with van der Waals surface area (Å²) in [5.41, 5.74) is 0.244. The molecule has 0 spiro atoms. The number of carbonyl (C=O) groups is 2. The van der Waals surface area contributed by atoms with Crippen molar-refractivity contribution >= 4 is 23.3 Å². The van der Waals surface area contributed by atoms with Gasteiger partial charge in [0.25, 0.3) is 0 Å². The van der Waals surface area contributed by atoms with Crippen molar-refractivity contribution in [3.8, 4) is 0 Å². The van der Waals surface area contributed by atoms with E-state index in [2.05, 4.69) is 5.32 Å². The number of halogens is 1. The number of rotatable bonds is 7. The Labute approximate surface area is 167 Å². The molecule has 1 unspecified atom stereocenters. The predicted octanol–water partition coefficient (Wildman–Crippen LogP) is 4.45. The summed E-state index contributed by atoms with van der Waals surface area (Å²) in [6, 6.07) is 7.68. The highest BCUT2D eigenvalue weighted by Gasteiger charge is 2.41. The summed E-state index contributed by atoms with van der Waals surface area (Å²) in [7, 11) is 0. The number of amides is 1. The van der Waals surface area contributed by atoms with E-state index in [4.69, 9.17) is 11.6 Å². The van der Waals surface area contributed by atoms with Gasteiger partial charge in [-0.1, -0.05) is 36.2 Å². The molecule has 1 saturated heterocycles. The molecule has 1 aromatic carbocycles. The van der Waals surface area contributed by atoms with Gasteiger partial charge in [-0.05, 0) is 63.1 Å². The van der Waals surface area contributed by atoms with Crippen LogP contribution in [0.4, 0.5) is 0 Å². The normalized spacial score (nSPS) is 23.4. The number of nitrogens with zero attached hydrogens (tertiary/aromatic N) is 1. The van der Waals surface area contributed by atoms with Gasteiger partial charge in [0.2, 0.25) is 5.91 Å². The highest BCUT2D eigenvalue weighted by molar-refractivity contribution is 6.31. The molecule has 1 saturated carbocycles. The van der Waals surface area contributed by atoms with Crippen molar-refractivity contribution in [2.75, 3.05) is 19.6 Å². The van der Waals surface area contributed by atoms with Crippen LogP contribution in [-0.4, -0.2) is 36.2 Å². The standard InChI is InChI=1S/C22H31ClN2O2/c23-19-11-3-2-10-18(19)22(14-6-4-12-20(22)26)24-15-7-5-13-21(27)25-16-8-1-9-17-25/h2-3,10-11,24H,1,4-9,12-17H2. The molecular weight excluding hydrogens is 360 g/mol. The zero-order valence-corrected chi connectivity index (χ0v) is 16.9. The molecule has 4 nitrogen and oxygen atoms in total. The van der Waals surface area contributed by atoms with E-state index in [1.807, 2.05) is 29.2 Å². The molecule has 1 heterocycles. The Kier molecular flexibility index (Phi) is 7.31. The van der Waals surface area contributed by atoms with Crippen LogP contribution in [0, 0.1) is 0 Å². The van der Waals surface area contributed by atoms with Crippen LogP contribution in [-0.2, 0) is 15.1 Å². The van der Waals surface area contributed by atoms with Crippen LogP contribution in [0.5, 0.6) is 0 Å². The first-order valence-electron chi connectivity index (χ1n) is 10.4. The van der Waals surface area contributed by atoms with E-state index in [1.54, 1.807) is 0 Å². The number of unbranched alkanes of at least 4 members (excludes halogenated alkanes) is 1. The second-order valence-corrected chi connectivity index (χ2v) is 8.25. The molecule has 27 heavy (non-hydrogen) atoms. The van der Waals surface area contributed by atoms with Crippen LogP contribution in [0.2, 0.25) is 5.02 Å². The van der Waals surface area contributed by atoms with Crippen molar-refractivity contribution in [3.05, 3.63) is 34.9 Å². The van der Waals surface area contributed by atoms with Gasteiger partial charge in [0, 0.05) is 31.0 Å². The van der Waals surface area contributed by atoms with Gasteiger partial charge >= 0.3 is 0 Å². The molecule has 0 radical (unpaired) electrons. The lowest BCUT2D eigenvalue weighted by Gasteiger charge is -2.38. The largest absolute Gasteiger partial charge is 0.343 e. The van der Waals surface area contributed by atoms with Crippen LogP contribution in [0.15, 0.2) is 24.3 Å². The molecule has 1 aromatic rings. The van der Waals surface area contributed by atoms with Crippen LogP contribution in [0.1, 0.15) is 69.8 Å². The Morgan fingerprint density at radius 1 is 1.07 bits per heavy atom. The lowest BCUT2D eigenvalue weighted by molar-refractivity contribution is -0.132. The van der Waals surface area contributed by atoms with Gasteiger partial charge in [0.15, 0.2) is 5.78 Å². The molecule has 1 amide bonds. The molecule has 1 aliphatic carbocycles. The first-order valence-corrected chi connectivity index (χ1v) is 10.8. The molecule has 5 heteroatoms. The average molecular weight is 391 g/mol. The SMILES string of the molecule is O=C(CCCCNC1(c2ccccc2Cl)CCCCC1=O)N1CCCCC1. The van der Waals surface area contributed by atoms with Gasteiger partial charge in [-0.25, -0.2) is 0 Å². The minimum Gasteiger partial charge on any atom is -0.343 e. The third-order valence-corrected chi connectivity index (χ3v) is 6.30. The maximum Gasteiger partial charge on any atom is 0.222 e. The minimum absolute atomic E-state index is 0.242. The minimum atomic E-state index is -0.659. The van der Waals surface area contributed by atoms with Crippen LogP contribution in [0.25, 0.3) is 0 Å². The Morgan fingerprint density at radius 2 is 1.85 bits per heavy atom. The summed E-state index contributed by atoms with van der Waals surface area (Å²) in [4.78, 5) is 27.2. The lowest BCUT2D eigenvalue weighted by Crippen LogP contribution is -2.51. The number of benzene rings is 1. The summed E-state index contributed by atoms with van der Waals surface area (Å²) in [5, 5.41) is 4.19. The molecular formula is C22H31ClN2O2. The number of carbonyl (C=O) groups excluding carboxylic acids is 2. The van der Waals surface area contributed by atoms with E-state index in [9.17, 15) is 9.59 Å². The van der Waals surface area contributed by atoms with Crippen molar-refractivity contribution in [1.82, 2.24) is 10.2 Å². The molecule has 3 rings (SSSR count). The summed E-state index contributed by atoms with van der Waals surface area (Å²) in [6.45, 7) is 2.56. The van der Waals surface area contributed by atoms with Crippen molar-refractivity contribution in [1.29, 1.82) is 0 Å². The average Bonchev–Trinajstić information content (AvgIpc) is 2.70. The van der Waals surface area contributed by atoms with Crippen molar-refractivity contribution in [3.63, 3.8) is 0 Å². The van der Waals surface area contributed by atoms with E-state index < -0.39 is 5.54 Å². The van der Waals surface area contributed by atoms with Crippen molar-refractivity contribution in [2.24, 2.45) is 0 Å². The number of likely N-dealkylation sites (tertiary alicyclic amines) is 1. The molecule has 0 bridgehead atoms. The number of piperidine rings is 1. The fraction of sp³-hybridized carbons (Fsp3) is 0.636. The van der Waals surface area contributed by atoms with E-state index >= 15 is 0 Å². The van der Waals surface area contributed by atoms with E-state index in [0.717, 1.165) is 70.1 Å². The molecule has 148 valence electrons. The third kappa shape index (κ3) is 4.91. The van der Waals surface area contributed by atoms with Gasteiger partial charge < -0.3 is 10.2 Å². The Morgan fingerprint density at radius 3 is 2.59 bits per heavy atom. The van der Waals surface area contributed by atoms with Gasteiger partial charge in [-0.3, -0.25) is 9.59 Å². The van der Waals surface area contributed by atoms with E-state index in [-0.39, 0.29) is 11.7 Å². The second kappa shape index (κ2) is 9.70. The number of ketones is 1. The Hall–Kier alpha value is -1.39. The van der Waals surface area contributed by atoms with E-state index in [0.29, 0.717) is 17.9 Å². The van der Waals surface area contributed by atoms with E-state index in [1.165, 1.54) is 6.42 Å². The maximum absolute atomic E-state index is 12.9. The summed E-state index contributed by atoms with van der Waals surface area (Å²) >= 11 is 6.44. The highest BCUT2D eigenvalue weighted by Crippen LogP contribution is 2.38. The fourth-order valence-corrected chi connectivity index (χ4v) is 4.70. The monoisotopic (exact) mass is 390 g/mol. The number of Topliss-reactive ketones (excluding diaryl/α,β-unsaturated/α-hetero) is 1. The first kappa shape index (κ1) is 20.3. The van der Waals surface area contributed by atoms with Gasteiger partial charge in [-0.2, -0.15) is 0 Å². The summed E-state index contributed by atoms with van der Waals surface area (Å²) in [5.74, 6) is 0.524. The van der Waals surface area contributed by atoms with Gasteiger partial charge in [0.1, 0.15) is 5.54 Å². The van der Waals surface area contributed by atoms with Crippen LogP contribution in [0.3, 0.4) is 0 Å². The fourth-order valence-electron chi connectivity index (χ4n) is 4.41. The molecule has 2 aliphatic rings. The first-order chi connectivity index (χ1) is 13.1.